The molecule has 1 unspecified atom stereocenters. The third kappa shape index (κ3) is 8.68. The average molecular weight is 550 g/mol. The molecule has 1 atom stereocenters. The summed E-state index contributed by atoms with van der Waals surface area (Å²) in [6.45, 7) is 6.61. The molecule has 0 aliphatic heterocycles. The van der Waals surface area contributed by atoms with Gasteiger partial charge in [0, 0.05) is 32.5 Å². The number of carbonyl (C=O) groups is 2. The number of nitrogens with zero attached hydrogens (tertiary/aromatic N) is 2. The van der Waals surface area contributed by atoms with Gasteiger partial charge in [0.15, 0.2) is 0 Å². The fraction of sp³-hybridized carbons (Fsp3) is 0.355. The molecule has 0 aliphatic carbocycles. The predicted octanol–water partition coefficient (Wildman–Crippen LogP) is 4.63. The first-order chi connectivity index (χ1) is 18.6. The van der Waals surface area contributed by atoms with E-state index in [2.05, 4.69) is 5.32 Å². The Morgan fingerprint density at radius 1 is 0.897 bits per heavy atom. The Balaban J connectivity index is 1.87. The SMILES string of the molecule is CCNC(=O)C(Cc1ccccc1)N(Cc1cccc(C)c1)C(=O)CCCN(c1ccccc1C)S(C)(=O)=O. The predicted molar refractivity (Wildman–Crippen MR) is 157 cm³/mol. The monoisotopic (exact) mass is 549 g/mol. The molecule has 0 heterocycles. The number of aryl methyl sites for hydroxylation is 2. The summed E-state index contributed by atoms with van der Waals surface area (Å²) < 4.78 is 26.6. The van der Waals surface area contributed by atoms with E-state index >= 15 is 0 Å². The maximum Gasteiger partial charge on any atom is 0.243 e. The summed E-state index contributed by atoms with van der Waals surface area (Å²) in [5.41, 5.74) is 4.41. The summed E-state index contributed by atoms with van der Waals surface area (Å²) >= 11 is 0. The Kier molecular flexibility index (Phi) is 10.7. The van der Waals surface area contributed by atoms with Gasteiger partial charge < -0.3 is 10.2 Å². The third-order valence-corrected chi connectivity index (χ3v) is 7.77. The van der Waals surface area contributed by atoms with Gasteiger partial charge in [-0.15, -0.1) is 0 Å². The van der Waals surface area contributed by atoms with Gasteiger partial charge in [0.2, 0.25) is 21.8 Å². The molecule has 208 valence electrons. The van der Waals surface area contributed by atoms with Crippen LogP contribution in [0.25, 0.3) is 0 Å². The van der Waals surface area contributed by atoms with E-state index in [1.807, 2.05) is 87.5 Å². The molecule has 0 spiro atoms. The van der Waals surface area contributed by atoms with Gasteiger partial charge in [0.05, 0.1) is 11.9 Å². The molecule has 2 amide bonds. The quantitative estimate of drug-likeness (QED) is 0.337. The van der Waals surface area contributed by atoms with Gasteiger partial charge in [0.25, 0.3) is 0 Å². The van der Waals surface area contributed by atoms with Gasteiger partial charge in [-0.1, -0.05) is 78.4 Å². The van der Waals surface area contributed by atoms with Crippen molar-refractivity contribution in [3.63, 3.8) is 0 Å². The van der Waals surface area contributed by atoms with Crippen LogP contribution in [0, 0.1) is 13.8 Å². The minimum atomic E-state index is -3.55. The standard InChI is InChI=1S/C31H39N3O4S/c1-5-32-31(36)29(22-26-15-7-6-8-16-26)33(23-27-17-11-13-24(2)21-27)30(35)19-12-20-34(39(4,37)38)28-18-10-9-14-25(28)3/h6-11,13-18,21,29H,5,12,19-20,22-23H2,1-4H3,(H,32,36). The van der Waals surface area contributed by atoms with Gasteiger partial charge in [-0.2, -0.15) is 0 Å². The lowest BCUT2D eigenvalue weighted by molar-refractivity contribution is -0.141. The fourth-order valence-electron chi connectivity index (χ4n) is 4.68. The first-order valence-electron chi connectivity index (χ1n) is 13.3. The lowest BCUT2D eigenvalue weighted by Crippen LogP contribution is -2.50. The van der Waals surface area contributed by atoms with Gasteiger partial charge in [-0.05, 0) is 49.9 Å². The lowest BCUT2D eigenvalue weighted by Gasteiger charge is -2.32. The second-order valence-electron chi connectivity index (χ2n) is 9.84. The van der Waals surface area contributed by atoms with Crippen molar-refractivity contribution in [2.45, 2.75) is 52.6 Å². The molecule has 0 saturated carbocycles. The lowest BCUT2D eigenvalue weighted by atomic mass is 10.0. The summed E-state index contributed by atoms with van der Waals surface area (Å²) in [5, 5.41) is 2.90. The summed E-state index contributed by atoms with van der Waals surface area (Å²) in [7, 11) is -3.55. The number of anilines is 1. The van der Waals surface area contributed by atoms with Crippen LogP contribution in [0.3, 0.4) is 0 Å². The maximum atomic E-state index is 13.8. The molecule has 0 bridgehead atoms. The van der Waals surface area contributed by atoms with Gasteiger partial charge in [0.1, 0.15) is 6.04 Å². The number of sulfonamides is 1. The Morgan fingerprint density at radius 2 is 1.56 bits per heavy atom. The first-order valence-corrected chi connectivity index (χ1v) is 15.1. The van der Waals surface area contributed by atoms with E-state index < -0.39 is 16.1 Å². The zero-order valence-electron chi connectivity index (χ0n) is 23.3. The molecular weight excluding hydrogens is 510 g/mol. The van der Waals surface area contributed by atoms with Crippen LogP contribution in [0.2, 0.25) is 0 Å². The second-order valence-corrected chi connectivity index (χ2v) is 11.7. The normalized spacial score (nSPS) is 12.0. The van der Waals surface area contributed by atoms with E-state index in [9.17, 15) is 18.0 Å². The highest BCUT2D eigenvalue weighted by Gasteiger charge is 2.30. The van der Waals surface area contributed by atoms with Crippen molar-refractivity contribution in [1.29, 1.82) is 0 Å². The van der Waals surface area contributed by atoms with Crippen LogP contribution >= 0.6 is 0 Å². The molecule has 7 nitrogen and oxygen atoms in total. The van der Waals surface area contributed by atoms with Crippen LogP contribution in [-0.2, 0) is 32.6 Å². The van der Waals surface area contributed by atoms with Crippen molar-refractivity contribution < 1.29 is 18.0 Å². The Labute approximate surface area is 232 Å². The molecule has 0 radical (unpaired) electrons. The molecule has 1 N–H and O–H groups in total. The third-order valence-electron chi connectivity index (χ3n) is 6.59. The van der Waals surface area contributed by atoms with Crippen LogP contribution in [0.15, 0.2) is 78.9 Å². The van der Waals surface area contributed by atoms with Crippen molar-refractivity contribution in [2.75, 3.05) is 23.7 Å². The van der Waals surface area contributed by atoms with Crippen molar-refractivity contribution in [2.24, 2.45) is 0 Å². The van der Waals surface area contributed by atoms with E-state index in [1.165, 1.54) is 10.6 Å². The summed E-state index contributed by atoms with van der Waals surface area (Å²) in [5.74, 6) is -0.401. The molecule has 0 aliphatic rings. The molecule has 3 aromatic carbocycles. The number of amides is 2. The number of hydrogen-bond acceptors (Lipinski definition) is 4. The van der Waals surface area contributed by atoms with E-state index in [0.29, 0.717) is 25.1 Å². The summed E-state index contributed by atoms with van der Waals surface area (Å²) in [6.07, 6.45) is 1.98. The van der Waals surface area contributed by atoms with Crippen LogP contribution < -0.4 is 9.62 Å². The molecule has 3 rings (SSSR count). The average Bonchev–Trinajstić information content (AvgIpc) is 2.89. The smallest absolute Gasteiger partial charge is 0.243 e. The zero-order valence-corrected chi connectivity index (χ0v) is 24.1. The van der Waals surface area contributed by atoms with Crippen LogP contribution in [-0.4, -0.2) is 50.5 Å². The minimum Gasteiger partial charge on any atom is -0.355 e. The molecular formula is C31H39N3O4S. The number of benzene rings is 3. The van der Waals surface area contributed by atoms with Gasteiger partial charge in [-0.25, -0.2) is 8.42 Å². The van der Waals surface area contributed by atoms with Crippen LogP contribution in [0.5, 0.6) is 0 Å². The highest BCUT2D eigenvalue weighted by atomic mass is 32.2. The van der Waals surface area contributed by atoms with E-state index in [1.54, 1.807) is 17.0 Å². The molecule has 0 aromatic heterocycles. The number of hydrogen-bond donors (Lipinski definition) is 1. The van der Waals surface area contributed by atoms with Gasteiger partial charge >= 0.3 is 0 Å². The molecule has 0 fully saturated rings. The Hall–Kier alpha value is -3.65. The van der Waals surface area contributed by atoms with E-state index in [4.69, 9.17) is 0 Å². The Bertz CT molecular complexity index is 1360. The number of rotatable bonds is 13. The number of carbonyl (C=O) groups excluding carboxylic acids is 2. The topological polar surface area (TPSA) is 86.8 Å². The van der Waals surface area contributed by atoms with Crippen LogP contribution in [0.4, 0.5) is 5.69 Å². The van der Waals surface area contributed by atoms with E-state index in [-0.39, 0.29) is 31.3 Å². The molecule has 8 heteroatoms. The zero-order chi connectivity index (χ0) is 28.4. The van der Waals surface area contributed by atoms with Crippen LogP contribution in [0.1, 0.15) is 42.0 Å². The summed E-state index contributed by atoms with van der Waals surface area (Å²) in [4.78, 5) is 28.7. The molecule has 39 heavy (non-hydrogen) atoms. The van der Waals surface area contributed by atoms with Crippen molar-refractivity contribution in [1.82, 2.24) is 10.2 Å². The number of likely N-dealkylation sites (N-methyl/N-ethyl adjacent to an activating group) is 1. The van der Waals surface area contributed by atoms with Gasteiger partial charge in [-0.3, -0.25) is 13.9 Å². The maximum absolute atomic E-state index is 13.8. The van der Waals surface area contributed by atoms with Crippen molar-refractivity contribution in [3.05, 3.63) is 101 Å². The minimum absolute atomic E-state index is 0.106. The van der Waals surface area contributed by atoms with Crippen molar-refractivity contribution >= 4 is 27.5 Å². The number of para-hydroxylation sites is 1. The highest BCUT2D eigenvalue weighted by Crippen LogP contribution is 2.23. The molecule has 0 saturated heterocycles. The second kappa shape index (κ2) is 13.9. The Morgan fingerprint density at radius 3 is 2.21 bits per heavy atom. The van der Waals surface area contributed by atoms with Crippen molar-refractivity contribution in [3.8, 4) is 0 Å². The first kappa shape index (κ1) is 29.9. The number of nitrogens with one attached hydrogen (secondary N) is 1. The fourth-order valence-corrected chi connectivity index (χ4v) is 5.70. The summed E-state index contributed by atoms with van der Waals surface area (Å²) in [6, 6.07) is 24.2. The van der Waals surface area contributed by atoms with E-state index in [0.717, 1.165) is 22.3 Å². The highest BCUT2D eigenvalue weighted by molar-refractivity contribution is 7.92. The molecule has 3 aromatic rings. The largest absolute Gasteiger partial charge is 0.355 e.